The molecule has 1 unspecified atom stereocenters. The van der Waals surface area contributed by atoms with Gasteiger partial charge in [0.2, 0.25) is 0 Å². The van der Waals surface area contributed by atoms with E-state index in [0.29, 0.717) is 5.92 Å². The standard InChI is InChI=1S/C17H27NO3.C2HF3O2/c1-2-19-12-5-15-6-13-21-17(15)7-9-18(10-8-17)14-16-4-3-11-20-16;3-2(4,5)1(6)7/h3-4,11,15H,2,5-10,12-14H2,1H3;(H,6,7). The summed E-state index contributed by atoms with van der Waals surface area (Å²) >= 11 is 0. The molecule has 0 saturated carbocycles. The Bertz CT molecular complexity index is 583. The van der Waals surface area contributed by atoms with E-state index >= 15 is 0 Å². The minimum absolute atomic E-state index is 0.122. The smallest absolute Gasteiger partial charge is 0.475 e. The molecule has 2 aliphatic heterocycles. The highest BCUT2D eigenvalue weighted by molar-refractivity contribution is 5.73. The Kier molecular flexibility index (Phi) is 8.33. The Balaban J connectivity index is 0.000000345. The van der Waals surface area contributed by atoms with Crippen LogP contribution in [0.4, 0.5) is 13.2 Å². The molecule has 160 valence electrons. The van der Waals surface area contributed by atoms with Gasteiger partial charge < -0.3 is 19.0 Å². The minimum atomic E-state index is -5.08. The number of nitrogens with zero attached hydrogens (tertiary/aromatic N) is 1. The Labute approximate surface area is 162 Å². The van der Waals surface area contributed by atoms with Crippen molar-refractivity contribution in [1.82, 2.24) is 4.90 Å². The number of carbonyl (C=O) groups is 1. The second-order valence-corrected chi connectivity index (χ2v) is 7.04. The van der Waals surface area contributed by atoms with Crippen LogP contribution in [0, 0.1) is 5.92 Å². The molecular weight excluding hydrogens is 379 g/mol. The number of rotatable bonds is 6. The normalized spacial score (nSPS) is 22.1. The van der Waals surface area contributed by atoms with Gasteiger partial charge in [-0.25, -0.2) is 4.79 Å². The number of carboxylic acids is 1. The lowest BCUT2D eigenvalue weighted by molar-refractivity contribution is -0.192. The second kappa shape index (κ2) is 10.3. The van der Waals surface area contributed by atoms with E-state index in [1.165, 1.54) is 6.42 Å². The molecule has 2 fully saturated rings. The number of furan rings is 1. The molecule has 2 saturated heterocycles. The maximum atomic E-state index is 10.6. The average Bonchev–Trinajstić information content (AvgIpc) is 3.28. The lowest BCUT2D eigenvalue weighted by atomic mass is 9.78. The Morgan fingerprint density at radius 3 is 2.61 bits per heavy atom. The predicted octanol–water partition coefficient (Wildman–Crippen LogP) is 3.71. The fourth-order valence-electron chi connectivity index (χ4n) is 3.83. The van der Waals surface area contributed by atoms with Crippen LogP contribution >= 0.6 is 0 Å². The molecule has 1 spiro atoms. The van der Waals surface area contributed by atoms with E-state index in [9.17, 15) is 13.2 Å². The first-order valence-electron chi connectivity index (χ1n) is 9.53. The van der Waals surface area contributed by atoms with Crippen molar-refractivity contribution in [3.63, 3.8) is 0 Å². The van der Waals surface area contributed by atoms with Gasteiger partial charge in [-0.2, -0.15) is 13.2 Å². The van der Waals surface area contributed by atoms with Crippen LogP contribution in [-0.4, -0.2) is 60.7 Å². The maximum Gasteiger partial charge on any atom is 0.490 e. The zero-order valence-corrected chi connectivity index (χ0v) is 16.0. The van der Waals surface area contributed by atoms with Crippen LogP contribution in [0.1, 0.15) is 38.4 Å². The van der Waals surface area contributed by atoms with Crippen molar-refractivity contribution >= 4 is 5.97 Å². The van der Waals surface area contributed by atoms with Gasteiger partial charge in [0, 0.05) is 32.9 Å². The zero-order valence-electron chi connectivity index (χ0n) is 16.0. The fraction of sp³-hybridized carbons (Fsp3) is 0.737. The largest absolute Gasteiger partial charge is 0.490 e. The summed E-state index contributed by atoms with van der Waals surface area (Å²) in [7, 11) is 0. The molecule has 2 aliphatic rings. The van der Waals surface area contributed by atoms with Gasteiger partial charge in [0.1, 0.15) is 5.76 Å². The Hall–Kier alpha value is -1.58. The molecule has 0 bridgehead atoms. The van der Waals surface area contributed by atoms with E-state index < -0.39 is 12.1 Å². The number of aliphatic carboxylic acids is 1. The van der Waals surface area contributed by atoms with Crippen LogP contribution in [0.5, 0.6) is 0 Å². The lowest BCUT2D eigenvalue weighted by Gasteiger charge is -2.42. The van der Waals surface area contributed by atoms with Crippen molar-refractivity contribution in [2.24, 2.45) is 5.92 Å². The molecule has 1 N–H and O–H groups in total. The summed E-state index contributed by atoms with van der Waals surface area (Å²) in [5.41, 5.74) is 0.122. The van der Waals surface area contributed by atoms with Crippen molar-refractivity contribution in [3.8, 4) is 0 Å². The van der Waals surface area contributed by atoms with Crippen molar-refractivity contribution < 1.29 is 37.0 Å². The van der Waals surface area contributed by atoms with Crippen LogP contribution < -0.4 is 0 Å². The molecule has 1 aromatic heterocycles. The predicted molar refractivity (Wildman–Crippen MR) is 94.8 cm³/mol. The van der Waals surface area contributed by atoms with Gasteiger partial charge in [0.15, 0.2) is 0 Å². The zero-order chi connectivity index (χ0) is 20.6. The number of halogens is 3. The SMILES string of the molecule is CCOCCC1CCOC12CCN(Cc1ccco1)CC2.O=C(O)C(F)(F)F. The van der Waals surface area contributed by atoms with E-state index in [-0.39, 0.29) is 5.60 Å². The van der Waals surface area contributed by atoms with Crippen LogP contribution in [0.15, 0.2) is 22.8 Å². The number of hydrogen-bond acceptors (Lipinski definition) is 5. The summed E-state index contributed by atoms with van der Waals surface area (Å²) in [4.78, 5) is 11.4. The van der Waals surface area contributed by atoms with Crippen molar-refractivity contribution in [3.05, 3.63) is 24.2 Å². The summed E-state index contributed by atoms with van der Waals surface area (Å²) < 4.78 is 48.9. The number of piperidine rings is 1. The topological polar surface area (TPSA) is 72.1 Å². The lowest BCUT2D eigenvalue weighted by Crippen LogP contribution is -2.47. The van der Waals surface area contributed by atoms with Crippen LogP contribution in [0.3, 0.4) is 0 Å². The molecule has 1 aromatic rings. The number of ether oxygens (including phenoxy) is 2. The molecule has 0 aliphatic carbocycles. The number of likely N-dealkylation sites (tertiary alicyclic amines) is 1. The Morgan fingerprint density at radius 2 is 2.07 bits per heavy atom. The first-order valence-corrected chi connectivity index (χ1v) is 9.53. The monoisotopic (exact) mass is 407 g/mol. The van der Waals surface area contributed by atoms with Gasteiger partial charge >= 0.3 is 12.1 Å². The summed E-state index contributed by atoms with van der Waals surface area (Å²) in [5, 5.41) is 7.12. The van der Waals surface area contributed by atoms with Crippen molar-refractivity contribution in [2.45, 2.75) is 50.9 Å². The first-order chi connectivity index (χ1) is 13.3. The van der Waals surface area contributed by atoms with E-state index in [4.69, 9.17) is 23.8 Å². The van der Waals surface area contributed by atoms with Crippen LogP contribution in [0.2, 0.25) is 0 Å². The second-order valence-electron chi connectivity index (χ2n) is 7.04. The van der Waals surface area contributed by atoms with E-state index in [1.54, 1.807) is 6.26 Å². The quantitative estimate of drug-likeness (QED) is 0.725. The summed E-state index contributed by atoms with van der Waals surface area (Å²) in [5.74, 6) is -1.02. The molecule has 6 nitrogen and oxygen atoms in total. The third-order valence-corrected chi connectivity index (χ3v) is 5.32. The van der Waals surface area contributed by atoms with E-state index in [1.807, 2.05) is 6.07 Å². The third kappa shape index (κ3) is 6.49. The molecule has 0 aromatic carbocycles. The Morgan fingerprint density at radius 1 is 1.39 bits per heavy atom. The van der Waals surface area contributed by atoms with Gasteiger partial charge in [-0.1, -0.05) is 0 Å². The van der Waals surface area contributed by atoms with Gasteiger partial charge in [0.25, 0.3) is 0 Å². The summed E-state index contributed by atoms with van der Waals surface area (Å²) in [6.45, 7) is 7.81. The third-order valence-electron chi connectivity index (χ3n) is 5.32. The molecule has 3 rings (SSSR count). The molecule has 3 heterocycles. The van der Waals surface area contributed by atoms with E-state index in [2.05, 4.69) is 17.9 Å². The highest BCUT2D eigenvalue weighted by Crippen LogP contribution is 2.42. The molecule has 0 amide bonds. The fourth-order valence-corrected chi connectivity index (χ4v) is 3.83. The maximum absolute atomic E-state index is 10.6. The van der Waals surface area contributed by atoms with Gasteiger partial charge in [0.05, 0.1) is 18.4 Å². The average molecular weight is 407 g/mol. The number of hydrogen-bond donors (Lipinski definition) is 1. The van der Waals surface area contributed by atoms with Crippen molar-refractivity contribution in [2.75, 3.05) is 32.9 Å². The van der Waals surface area contributed by atoms with Crippen LogP contribution in [0.25, 0.3) is 0 Å². The van der Waals surface area contributed by atoms with Gasteiger partial charge in [-0.05, 0) is 50.7 Å². The number of carboxylic acid groups (broad SMARTS) is 1. The van der Waals surface area contributed by atoms with Gasteiger partial charge in [-0.15, -0.1) is 0 Å². The molecule has 28 heavy (non-hydrogen) atoms. The molecule has 9 heteroatoms. The van der Waals surface area contributed by atoms with Crippen molar-refractivity contribution in [1.29, 1.82) is 0 Å². The van der Waals surface area contributed by atoms with E-state index in [0.717, 1.165) is 64.5 Å². The summed E-state index contributed by atoms with van der Waals surface area (Å²) in [6.07, 6.45) is 1.30. The number of alkyl halides is 3. The molecular formula is C19H28F3NO5. The molecule has 0 radical (unpaired) electrons. The minimum Gasteiger partial charge on any atom is -0.475 e. The highest BCUT2D eigenvalue weighted by Gasteiger charge is 2.45. The van der Waals surface area contributed by atoms with Crippen LogP contribution in [-0.2, 0) is 20.8 Å². The van der Waals surface area contributed by atoms with Gasteiger partial charge in [-0.3, -0.25) is 4.90 Å². The summed E-state index contributed by atoms with van der Waals surface area (Å²) in [6, 6.07) is 4.02. The highest BCUT2D eigenvalue weighted by atomic mass is 19.4. The molecule has 1 atom stereocenters. The first kappa shape index (κ1) is 22.7.